The molecule has 1 amide bonds. The molecule has 7 heteroatoms. The van der Waals surface area contributed by atoms with E-state index in [0.717, 1.165) is 69.9 Å². The summed E-state index contributed by atoms with van der Waals surface area (Å²) < 4.78 is 7.46. The molecule has 4 heterocycles. The third-order valence-electron chi connectivity index (χ3n) is 6.65. The molecule has 2 atom stereocenters. The summed E-state index contributed by atoms with van der Waals surface area (Å²) in [6.07, 6.45) is 5.29. The molecule has 0 saturated carbocycles. The van der Waals surface area contributed by atoms with Crippen molar-refractivity contribution in [2.75, 3.05) is 51.9 Å². The van der Waals surface area contributed by atoms with Crippen molar-refractivity contribution in [2.24, 2.45) is 11.8 Å². The molecule has 0 radical (unpaired) electrons. The third-order valence-corrected chi connectivity index (χ3v) is 7.19. The minimum absolute atomic E-state index is 0.167. The van der Waals surface area contributed by atoms with Crippen molar-refractivity contribution in [2.45, 2.75) is 38.3 Å². The lowest BCUT2D eigenvalue weighted by Crippen LogP contribution is -2.50. The maximum absolute atomic E-state index is 13.2. The van der Waals surface area contributed by atoms with Gasteiger partial charge in [-0.1, -0.05) is 6.07 Å². The fraction of sp³-hybridized carbons (Fsp3) is 0.727. The molecule has 3 aliphatic heterocycles. The molecule has 0 aliphatic carbocycles. The Morgan fingerprint density at radius 3 is 2.79 bits per heavy atom. The second-order valence-corrected chi connectivity index (χ2v) is 9.85. The first-order valence-electron chi connectivity index (χ1n) is 10.8. The average molecular weight is 420 g/mol. The monoisotopic (exact) mass is 419 g/mol. The maximum atomic E-state index is 13.2. The molecule has 1 aromatic rings. The van der Waals surface area contributed by atoms with Crippen molar-refractivity contribution in [1.29, 1.82) is 0 Å². The number of thioether (sulfide) groups is 1. The van der Waals surface area contributed by atoms with Gasteiger partial charge in [0.05, 0.1) is 5.75 Å². The van der Waals surface area contributed by atoms with Gasteiger partial charge in [0, 0.05) is 63.1 Å². The van der Waals surface area contributed by atoms with Gasteiger partial charge in [0.15, 0.2) is 0 Å². The van der Waals surface area contributed by atoms with Crippen LogP contribution in [-0.4, -0.2) is 72.2 Å². The lowest BCUT2D eigenvalue weighted by molar-refractivity contribution is -0.131. The fourth-order valence-electron chi connectivity index (χ4n) is 5.25. The van der Waals surface area contributed by atoms with Crippen molar-refractivity contribution in [3.63, 3.8) is 0 Å². The fourth-order valence-corrected chi connectivity index (χ4v) is 5.68. The molecule has 6 nitrogen and oxygen atoms in total. The van der Waals surface area contributed by atoms with Gasteiger partial charge >= 0.3 is 0 Å². The highest BCUT2D eigenvalue weighted by Gasteiger charge is 2.36. The summed E-state index contributed by atoms with van der Waals surface area (Å²) in [5.74, 6) is 2.12. The molecule has 0 unspecified atom stereocenters. The number of piperidine rings is 1. The second-order valence-electron chi connectivity index (χ2n) is 8.98. The van der Waals surface area contributed by atoms with Gasteiger partial charge in [0.1, 0.15) is 0 Å². The highest BCUT2D eigenvalue weighted by molar-refractivity contribution is 7.99. The molecule has 0 N–H and O–H groups in total. The van der Waals surface area contributed by atoms with Crippen LogP contribution in [0, 0.1) is 11.8 Å². The molecule has 29 heavy (non-hydrogen) atoms. The second kappa shape index (κ2) is 9.23. The van der Waals surface area contributed by atoms with Crippen LogP contribution in [0.4, 0.5) is 0 Å². The number of fused-ring (bicyclic) bond motifs is 4. The predicted octanol–water partition coefficient (Wildman–Crippen LogP) is 2.02. The Balaban J connectivity index is 1.46. The number of rotatable bonds is 6. The van der Waals surface area contributed by atoms with Gasteiger partial charge in [0.25, 0.3) is 5.56 Å². The number of aromatic nitrogens is 1. The van der Waals surface area contributed by atoms with E-state index in [1.807, 2.05) is 21.8 Å². The van der Waals surface area contributed by atoms with E-state index in [2.05, 4.69) is 18.0 Å². The molecule has 1 aromatic heterocycles. The molecule has 2 saturated heterocycles. The SMILES string of the molecule is CSCC(=O)N1C[C@@H]2C[C@H](C1)c1ccc(CN(C)CC3CCOCC3)c(=O)n1C2. The zero-order chi connectivity index (χ0) is 20.4. The molecule has 2 bridgehead atoms. The van der Waals surface area contributed by atoms with E-state index in [1.54, 1.807) is 11.8 Å². The number of ether oxygens (including phenoxy) is 1. The van der Waals surface area contributed by atoms with Crippen LogP contribution in [0.15, 0.2) is 16.9 Å². The van der Waals surface area contributed by atoms with Gasteiger partial charge in [-0.25, -0.2) is 0 Å². The first-order chi connectivity index (χ1) is 14.0. The minimum atomic E-state index is 0.167. The molecule has 0 spiro atoms. The number of pyridine rings is 1. The van der Waals surface area contributed by atoms with Crippen molar-refractivity contribution in [3.05, 3.63) is 33.7 Å². The number of carbonyl (C=O) groups is 1. The van der Waals surface area contributed by atoms with Gasteiger partial charge in [0.2, 0.25) is 5.91 Å². The van der Waals surface area contributed by atoms with Crippen molar-refractivity contribution in [1.82, 2.24) is 14.4 Å². The Morgan fingerprint density at radius 2 is 2.03 bits per heavy atom. The predicted molar refractivity (Wildman–Crippen MR) is 116 cm³/mol. The number of nitrogens with zero attached hydrogens (tertiary/aromatic N) is 3. The van der Waals surface area contributed by atoms with Crippen molar-refractivity contribution < 1.29 is 9.53 Å². The number of likely N-dealkylation sites (tertiary alicyclic amines) is 1. The van der Waals surface area contributed by atoms with E-state index in [9.17, 15) is 9.59 Å². The number of hydrogen-bond acceptors (Lipinski definition) is 5. The zero-order valence-electron chi connectivity index (χ0n) is 17.6. The van der Waals surface area contributed by atoms with Gasteiger partial charge in [-0.15, -0.1) is 0 Å². The highest BCUT2D eigenvalue weighted by atomic mass is 32.2. The van der Waals surface area contributed by atoms with Gasteiger partial charge in [-0.2, -0.15) is 11.8 Å². The molecule has 4 rings (SSSR count). The lowest BCUT2D eigenvalue weighted by Gasteiger charge is -2.43. The summed E-state index contributed by atoms with van der Waals surface area (Å²) >= 11 is 1.58. The van der Waals surface area contributed by atoms with E-state index in [0.29, 0.717) is 24.1 Å². The van der Waals surface area contributed by atoms with Crippen LogP contribution in [0.1, 0.15) is 36.4 Å². The summed E-state index contributed by atoms with van der Waals surface area (Å²) in [6.45, 7) is 5.71. The van der Waals surface area contributed by atoms with E-state index < -0.39 is 0 Å². The summed E-state index contributed by atoms with van der Waals surface area (Å²) in [5.41, 5.74) is 2.17. The van der Waals surface area contributed by atoms with Crippen molar-refractivity contribution >= 4 is 17.7 Å². The molecular formula is C22H33N3O3S. The quantitative estimate of drug-likeness (QED) is 0.706. The van der Waals surface area contributed by atoms with E-state index >= 15 is 0 Å². The van der Waals surface area contributed by atoms with Crippen LogP contribution in [-0.2, 0) is 22.6 Å². The summed E-state index contributed by atoms with van der Waals surface area (Å²) in [7, 11) is 2.11. The van der Waals surface area contributed by atoms with Crippen LogP contribution in [0.2, 0.25) is 0 Å². The molecule has 2 fully saturated rings. The van der Waals surface area contributed by atoms with Gasteiger partial charge < -0.3 is 19.1 Å². The zero-order valence-corrected chi connectivity index (χ0v) is 18.5. The van der Waals surface area contributed by atoms with E-state index in [4.69, 9.17) is 4.74 Å². The summed E-state index contributed by atoms with van der Waals surface area (Å²) in [6, 6.07) is 4.17. The highest BCUT2D eigenvalue weighted by Crippen LogP contribution is 2.35. The molecular weight excluding hydrogens is 386 g/mol. The molecule has 0 aromatic carbocycles. The molecule has 3 aliphatic rings. The van der Waals surface area contributed by atoms with E-state index in [-0.39, 0.29) is 17.4 Å². The minimum Gasteiger partial charge on any atom is -0.381 e. The third kappa shape index (κ3) is 4.72. The Hall–Kier alpha value is -1.31. The van der Waals surface area contributed by atoms with E-state index in [1.165, 1.54) is 0 Å². The number of amides is 1. The topological polar surface area (TPSA) is 54.8 Å². The van der Waals surface area contributed by atoms with Crippen LogP contribution >= 0.6 is 11.8 Å². The Morgan fingerprint density at radius 1 is 1.24 bits per heavy atom. The first kappa shape index (κ1) is 20.9. The number of hydrogen-bond donors (Lipinski definition) is 0. The van der Waals surface area contributed by atoms with Crippen LogP contribution in [0.25, 0.3) is 0 Å². The first-order valence-corrected chi connectivity index (χ1v) is 12.2. The molecule has 160 valence electrons. The lowest BCUT2D eigenvalue weighted by atomic mass is 9.83. The average Bonchev–Trinajstić information content (AvgIpc) is 2.71. The van der Waals surface area contributed by atoms with Crippen LogP contribution < -0.4 is 5.56 Å². The van der Waals surface area contributed by atoms with Crippen molar-refractivity contribution in [3.8, 4) is 0 Å². The Kier molecular flexibility index (Phi) is 6.66. The number of carbonyl (C=O) groups excluding carboxylic acids is 1. The van der Waals surface area contributed by atoms with Gasteiger partial charge in [-0.05, 0) is 50.5 Å². The Bertz CT molecular complexity index is 790. The normalized spacial score (nSPS) is 24.6. The summed E-state index contributed by atoms with van der Waals surface area (Å²) in [4.78, 5) is 29.9. The van der Waals surface area contributed by atoms with Crippen LogP contribution in [0.5, 0.6) is 0 Å². The standard InChI is InChI=1S/C22H33N3O3S/c1-23(10-16-5-7-28-8-6-16)13-18-3-4-20-19-9-17(12-25(20)22(18)27)11-24(14-19)21(26)15-29-2/h3-4,16-17,19H,5-15H2,1-2H3/t17-,19+/m0/s1. The Labute approximate surface area is 177 Å². The maximum Gasteiger partial charge on any atom is 0.255 e. The summed E-state index contributed by atoms with van der Waals surface area (Å²) in [5, 5.41) is 0. The largest absolute Gasteiger partial charge is 0.381 e. The van der Waals surface area contributed by atoms with Crippen LogP contribution in [0.3, 0.4) is 0 Å². The smallest absolute Gasteiger partial charge is 0.255 e. The van der Waals surface area contributed by atoms with Gasteiger partial charge in [-0.3, -0.25) is 9.59 Å².